The zero-order valence-corrected chi connectivity index (χ0v) is 17.3. The van der Waals surface area contributed by atoms with Crippen LogP contribution in [0.1, 0.15) is 54.9 Å². The lowest BCUT2D eigenvalue weighted by Crippen LogP contribution is -2.35. The molecule has 0 bridgehead atoms. The highest BCUT2D eigenvalue weighted by Gasteiger charge is 2.25. The van der Waals surface area contributed by atoms with Gasteiger partial charge < -0.3 is 5.32 Å². The number of benzene rings is 1. The van der Waals surface area contributed by atoms with Gasteiger partial charge in [-0.2, -0.15) is 9.40 Å². The fourth-order valence-electron chi connectivity index (χ4n) is 3.33. The number of carbonyl (C=O) groups is 1. The van der Waals surface area contributed by atoms with Crippen molar-refractivity contribution < 1.29 is 13.2 Å². The number of piperidine rings is 1. The third kappa shape index (κ3) is 4.99. The first-order chi connectivity index (χ1) is 13.4. The van der Waals surface area contributed by atoms with Crippen LogP contribution >= 0.6 is 0 Å². The van der Waals surface area contributed by atoms with E-state index in [1.807, 2.05) is 0 Å². The van der Waals surface area contributed by atoms with Gasteiger partial charge >= 0.3 is 0 Å². The van der Waals surface area contributed by atoms with Crippen LogP contribution in [0, 0.1) is 5.92 Å². The highest BCUT2D eigenvalue weighted by atomic mass is 32.2. The molecule has 0 spiro atoms. The van der Waals surface area contributed by atoms with Crippen LogP contribution in [0.25, 0.3) is 0 Å². The molecule has 0 aliphatic carbocycles. The monoisotopic (exact) mass is 404 g/mol. The first-order valence-corrected chi connectivity index (χ1v) is 11.2. The van der Waals surface area contributed by atoms with Crippen molar-refractivity contribution in [3.8, 4) is 0 Å². The highest BCUT2D eigenvalue weighted by Crippen LogP contribution is 2.20. The summed E-state index contributed by atoms with van der Waals surface area (Å²) in [6.07, 6.45) is 3.75. The average molecular weight is 405 g/mol. The number of carbonyl (C=O) groups excluding carboxylic acids is 1. The molecule has 1 aliphatic heterocycles. The summed E-state index contributed by atoms with van der Waals surface area (Å²) >= 11 is 0. The number of sulfonamides is 1. The molecule has 7 nitrogen and oxygen atoms in total. The van der Waals surface area contributed by atoms with Crippen molar-refractivity contribution in [2.24, 2.45) is 5.92 Å². The third-order valence-corrected chi connectivity index (χ3v) is 6.73. The number of nitrogens with zero attached hydrogens (tertiary/aromatic N) is 2. The molecule has 0 atom stereocenters. The Morgan fingerprint density at radius 2 is 1.86 bits per heavy atom. The van der Waals surface area contributed by atoms with E-state index in [2.05, 4.69) is 29.4 Å². The molecule has 1 saturated heterocycles. The van der Waals surface area contributed by atoms with Gasteiger partial charge in [0, 0.05) is 25.3 Å². The van der Waals surface area contributed by atoms with E-state index < -0.39 is 10.0 Å². The number of hydrogen-bond donors (Lipinski definition) is 2. The van der Waals surface area contributed by atoms with Gasteiger partial charge in [0.25, 0.3) is 5.91 Å². The Balaban J connectivity index is 1.58. The smallest absolute Gasteiger partial charge is 0.272 e. The molecular weight excluding hydrogens is 376 g/mol. The predicted molar refractivity (Wildman–Crippen MR) is 107 cm³/mol. The van der Waals surface area contributed by atoms with Gasteiger partial charge in [-0.1, -0.05) is 32.4 Å². The van der Waals surface area contributed by atoms with Crippen molar-refractivity contribution >= 4 is 15.9 Å². The zero-order valence-electron chi connectivity index (χ0n) is 16.4. The van der Waals surface area contributed by atoms with Gasteiger partial charge in [-0.3, -0.25) is 9.89 Å². The van der Waals surface area contributed by atoms with Crippen LogP contribution in [0.3, 0.4) is 0 Å². The quantitative estimate of drug-likeness (QED) is 0.742. The Kier molecular flexibility index (Phi) is 6.51. The van der Waals surface area contributed by atoms with Crippen molar-refractivity contribution in [1.82, 2.24) is 19.8 Å². The summed E-state index contributed by atoms with van der Waals surface area (Å²) in [6, 6.07) is 8.47. The van der Waals surface area contributed by atoms with Crippen LogP contribution in [0.5, 0.6) is 0 Å². The van der Waals surface area contributed by atoms with E-state index in [1.54, 1.807) is 34.6 Å². The molecule has 0 saturated carbocycles. The number of amides is 1. The molecule has 152 valence electrons. The van der Waals surface area contributed by atoms with Crippen molar-refractivity contribution in [2.45, 2.75) is 51.0 Å². The van der Waals surface area contributed by atoms with Crippen LogP contribution < -0.4 is 5.32 Å². The van der Waals surface area contributed by atoms with Gasteiger partial charge in [-0.05, 0) is 48.9 Å². The molecule has 2 N–H and O–H groups in total. The molecule has 8 heteroatoms. The van der Waals surface area contributed by atoms with E-state index in [4.69, 9.17) is 0 Å². The number of hydrogen-bond acceptors (Lipinski definition) is 4. The van der Waals surface area contributed by atoms with Crippen molar-refractivity contribution in [1.29, 1.82) is 0 Å². The molecule has 2 heterocycles. The highest BCUT2D eigenvalue weighted by molar-refractivity contribution is 7.89. The lowest BCUT2D eigenvalue weighted by Gasteiger charge is -2.25. The lowest BCUT2D eigenvalue weighted by molar-refractivity contribution is 0.0946. The Morgan fingerprint density at radius 1 is 1.18 bits per heavy atom. The van der Waals surface area contributed by atoms with Crippen LogP contribution in [0.2, 0.25) is 0 Å². The Labute approximate surface area is 166 Å². The lowest BCUT2D eigenvalue weighted by atomic mass is 10.1. The number of nitrogens with one attached hydrogen (secondary N) is 2. The van der Waals surface area contributed by atoms with E-state index in [0.29, 0.717) is 36.1 Å². The van der Waals surface area contributed by atoms with Gasteiger partial charge in [0.05, 0.1) is 4.90 Å². The topological polar surface area (TPSA) is 95.2 Å². The summed E-state index contributed by atoms with van der Waals surface area (Å²) < 4.78 is 26.9. The first kappa shape index (κ1) is 20.5. The molecule has 0 radical (unpaired) electrons. The van der Waals surface area contributed by atoms with Gasteiger partial charge in [-0.25, -0.2) is 8.42 Å². The maximum atomic E-state index is 12.7. The standard InChI is InChI=1S/C20H28N4O3S/c1-15(2)12-17-13-19(23-22-17)20(25)21-14-16-6-8-18(9-7-16)28(26,27)24-10-4-3-5-11-24/h6-9,13,15H,3-5,10-12,14H2,1-2H3,(H,21,25)(H,22,23). The molecular formula is C20H28N4O3S. The van der Waals surface area contributed by atoms with E-state index in [1.165, 1.54) is 0 Å². The molecule has 1 amide bonds. The van der Waals surface area contributed by atoms with Crippen molar-refractivity contribution in [2.75, 3.05) is 13.1 Å². The Hall–Kier alpha value is -2.19. The molecule has 2 aromatic rings. The fraction of sp³-hybridized carbons (Fsp3) is 0.500. The van der Waals surface area contributed by atoms with Gasteiger partial charge in [0.2, 0.25) is 10.0 Å². The molecule has 3 rings (SSSR count). The maximum Gasteiger partial charge on any atom is 0.272 e. The van der Waals surface area contributed by atoms with Gasteiger partial charge in [0.15, 0.2) is 0 Å². The van der Waals surface area contributed by atoms with Crippen molar-refractivity contribution in [3.05, 3.63) is 47.3 Å². The van der Waals surface area contributed by atoms with E-state index >= 15 is 0 Å². The molecule has 1 fully saturated rings. The average Bonchev–Trinajstić information content (AvgIpc) is 3.15. The van der Waals surface area contributed by atoms with E-state index in [0.717, 1.165) is 36.9 Å². The second-order valence-electron chi connectivity index (χ2n) is 7.67. The van der Waals surface area contributed by atoms with Crippen molar-refractivity contribution in [3.63, 3.8) is 0 Å². The minimum absolute atomic E-state index is 0.253. The molecule has 1 aliphatic rings. The van der Waals surface area contributed by atoms with E-state index in [-0.39, 0.29) is 5.91 Å². The van der Waals surface area contributed by atoms with E-state index in [9.17, 15) is 13.2 Å². The summed E-state index contributed by atoms with van der Waals surface area (Å²) in [4.78, 5) is 12.6. The minimum atomic E-state index is -3.43. The van der Waals surface area contributed by atoms with Gasteiger partial charge in [0.1, 0.15) is 5.69 Å². The van der Waals surface area contributed by atoms with Crippen LogP contribution in [0.4, 0.5) is 0 Å². The fourth-order valence-corrected chi connectivity index (χ4v) is 4.85. The predicted octanol–water partition coefficient (Wildman–Crippen LogP) is 2.71. The summed E-state index contributed by atoms with van der Waals surface area (Å²) in [5.41, 5.74) is 2.14. The van der Waals surface area contributed by atoms with Crippen LogP contribution in [-0.2, 0) is 23.0 Å². The number of aromatic nitrogens is 2. The molecule has 28 heavy (non-hydrogen) atoms. The number of aromatic amines is 1. The second-order valence-corrected chi connectivity index (χ2v) is 9.61. The third-order valence-electron chi connectivity index (χ3n) is 4.82. The number of H-pyrrole nitrogens is 1. The minimum Gasteiger partial charge on any atom is -0.347 e. The maximum absolute atomic E-state index is 12.7. The summed E-state index contributed by atoms with van der Waals surface area (Å²) in [7, 11) is -3.43. The SMILES string of the molecule is CC(C)Cc1cc(C(=O)NCc2ccc(S(=O)(=O)N3CCCCC3)cc2)n[nH]1. The summed E-state index contributed by atoms with van der Waals surface area (Å²) in [5, 5.41) is 9.77. The molecule has 1 aromatic heterocycles. The van der Waals surface area contributed by atoms with Crippen LogP contribution in [-0.4, -0.2) is 41.9 Å². The summed E-state index contributed by atoms with van der Waals surface area (Å²) in [5.74, 6) is 0.229. The number of rotatable bonds is 7. The summed E-state index contributed by atoms with van der Waals surface area (Å²) in [6.45, 7) is 5.70. The second kappa shape index (κ2) is 8.87. The molecule has 0 unspecified atom stereocenters. The normalized spacial score (nSPS) is 15.7. The molecule has 1 aromatic carbocycles. The van der Waals surface area contributed by atoms with Gasteiger partial charge in [-0.15, -0.1) is 0 Å². The zero-order chi connectivity index (χ0) is 20.1. The van der Waals surface area contributed by atoms with Crippen LogP contribution in [0.15, 0.2) is 35.2 Å². The first-order valence-electron chi connectivity index (χ1n) is 9.78. The largest absolute Gasteiger partial charge is 0.347 e. The Morgan fingerprint density at radius 3 is 2.50 bits per heavy atom. The Bertz CT molecular complexity index is 898.